The van der Waals surface area contributed by atoms with Gasteiger partial charge in [-0.2, -0.15) is 11.8 Å². The van der Waals surface area contributed by atoms with E-state index in [1.807, 2.05) is 30.5 Å². The van der Waals surface area contributed by atoms with E-state index >= 15 is 0 Å². The van der Waals surface area contributed by atoms with Gasteiger partial charge < -0.3 is 4.74 Å². The molecule has 1 unspecified atom stereocenters. The molecule has 0 fully saturated rings. The molecule has 2 amide bonds. The minimum atomic E-state index is -0.271. The molecule has 1 aliphatic rings. The second kappa shape index (κ2) is 9.98. The first kappa shape index (κ1) is 18.3. The van der Waals surface area contributed by atoms with Gasteiger partial charge in [-0.25, -0.2) is 0 Å². The number of rotatable bonds is 9. The molecule has 0 radical (unpaired) electrons. The maximum Gasteiger partial charge on any atom is 0.239 e. The van der Waals surface area contributed by atoms with E-state index < -0.39 is 0 Å². The molecule has 0 aliphatic heterocycles. The molecule has 4 nitrogen and oxygen atoms in total. The highest BCUT2D eigenvalue weighted by molar-refractivity contribution is 7.99. The summed E-state index contributed by atoms with van der Waals surface area (Å²) in [5, 5.41) is 1.94. The Morgan fingerprint density at radius 3 is 2.75 bits per heavy atom. The van der Waals surface area contributed by atoms with Crippen LogP contribution in [-0.2, 0) is 16.0 Å². The second-order valence-electron chi connectivity index (χ2n) is 5.56. The first-order valence-electron chi connectivity index (χ1n) is 8.07. The summed E-state index contributed by atoms with van der Waals surface area (Å²) < 4.78 is 5.78. The fourth-order valence-corrected chi connectivity index (χ4v) is 3.15. The third-order valence-electron chi connectivity index (χ3n) is 3.85. The lowest BCUT2D eigenvalue weighted by atomic mass is 10.1. The van der Waals surface area contributed by atoms with Crippen molar-refractivity contribution in [3.63, 3.8) is 0 Å². The van der Waals surface area contributed by atoms with Gasteiger partial charge in [-0.05, 0) is 48.8 Å². The summed E-state index contributed by atoms with van der Waals surface area (Å²) in [5.74, 6) is 0.573. The minimum Gasteiger partial charge on any atom is -0.493 e. The largest absolute Gasteiger partial charge is 0.493 e. The van der Waals surface area contributed by atoms with E-state index in [0.29, 0.717) is 19.4 Å². The maximum absolute atomic E-state index is 11.7. The molecule has 0 bridgehead atoms. The molecule has 128 valence electrons. The lowest BCUT2D eigenvalue weighted by Gasteiger charge is -2.13. The number of amides is 2. The number of thioether (sulfide) groups is 1. The molecular weight excluding hydrogens is 322 g/mol. The first-order chi connectivity index (χ1) is 11.7. The van der Waals surface area contributed by atoms with Gasteiger partial charge >= 0.3 is 0 Å². The van der Waals surface area contributed by atoms with Crippen molar-refractivity contribution in [1.29, 1.82) is 0 Å². The zero-order chi connectivity index (χ0) is 17.2. The van der Waals surface area contributed by atoms with Gasteiger partial charge in [-0.15, -0.1) is 0 Å². The van der Waals surface area contributed by atoms with Crippen LogP contribution in [0.3, 0.4) is 0 Å². The van der Waals surface area contributed by atoms with Crippen LogP contribution in [0, 0.1) is 0 Å². The molecule has 0 saturated heterocycles. The summed E-state index contributed by atoms with van der Waals surface area (Å²) >= 11 is 1.43. The number of hydrogen-bond donors (Lipinski definition) is 1. The summed E-state index contributed by atoms with van der Waals surface area (Å²) in [7, 11) is 0. The molecule has 1 atom stereocenters. The molecule has 1 N–H and O–H groups in total. The van der Waals surface area contributed by atoms with E-state index in [4.69, 9.17) is 4.74 Å². The topological polar surface area (TPSA) is 55.4 Å². The van der Waals surface area contributed by atoms with Crippen LogP contribution in [0.4, 0.5) is 0 Å². The maximum atomic E-state index is 11.7. The van der Waals surface area contributed by atoms with Gasteiger partial charge in [-0.1, -0.05) is 30.4 Å². The van der Waals surface area contributed by atoms with Crippen LogP contribution in [0.5, 0.6) is 5.75 Å². The third-order valence-corrected chi connectivity index (χ3v) is 4.80. The number of nitrogens with one attached hydrogen (secondary N) is 1. The first-order valence-corrected chi connectivity index (χ1v) is 9.36. The Morgan fingerprint density at radius 1 is 1.33 bits per heavy atom. The highest BCUT2D eigenvalue weighted by Gasteiger charge is 2.17. The molecule has 0 saturated carbocycles. The van der Waals surface area contributed by atoms with Gasteiger partial charge in [0.05, 0.1) is 11.9 Å². The number of ether oxygens (including phenoxy) is 1. The smallest absolute Gasteiger partial charge is 0.239 e. The van der Waals surface area contributed by atoms with Crippen LogP contribution >= 0.6 is 11.8 Å². The monoisotopic (exact) mass is 345 g/mol. The van der Waals surface area contributed by atoms with E-state index in [9.17, 15) is 9.59 Å². The SMILES string of the molecule is CSC(Cc1ccc(OCCC2=CCCC=C2)cc1)C(=O)NC=O. The molecule has 0 heterocycles. The van der Waals surface area contributed by atoms with Gasteiger partial charge in [0.25, 0.3) is 0 Å². The van der Waals surface area contributed by atoms with Crippen molar-refractivity contribution in [3.8, 4) is 5.75 Å². The molecule has 1 aromatic rings. The zero-order valence-electron chi connectivity index (χ0n) is 13.9. The second-order valence-corrected chi connectivity index (χ2v) is 6.60. The van der Waals surface area contributed by atoms with Gasteiger partial charge in [0.2, 0.25) is 12.3 Å². The molecule has 1 aromatic carbocycles. The van der Waals surface area contributed by atoms with Crippen molar-refractivity contribution in [1.82, 2.24) is 5.32 Å². The summed E-state index contributed by atoms with van der Waals surface area (Å²) in [4.78, 5) is 22.1. The van der Waals surface area contributed by atoms with Crippen LogP contribution in [0.2, 0.25) is 0 Å². The average molecular weight is 345 g/mol. The van der Waals surface area contributed by atoms with E-state index in [-0.39, 0.29) is 11.2 Å². The van der Waals surface area contributed by atoms with E-state index in [1.165, 1.54) is 17.3 Å². The van der Waals surface area contributed by atoms with Crippen LogP contribution < -0.4 is 10.1 Å². The quantitative estimate of drug-likeness (QED) is 0.698. The van der Waals surface area contributed by atoms with Gasteiger partial charge in [0.1, 0.15) is 5.75 Å². The summed E-state index contributed by atoms with van der Waals surface area (Å²) in [6.07, 6.45) is 12.7. The number of carbonyl (C=O) groups excluding carboxylic acids is 2. The Morgan fingerprint density at radius 2 is 2.12 bits per heavy atom. The van der Waals surface area contributed by atoms with E-state index in [0.717, 1.165) is 30.6 Å². The Kier molecular flexibility index (Phi) is 7.62. The molecule has 1 aliphatic carbocycles. The molecule has 2 rings (SSSR count). The van der Waals surface area contributed by atoms with Crippen molar-refractivity contribution < 1.29 is 14.3 Å². The fraction of sp³-hybridized carbons (Fsp3) is 0.368. The predicted molar refractivity (Wildman–Crippen MR) is 98.2 cm³/mol. The molecule has 24 heavy (non-hydrogen) atoms. The number of allylic oxidation sites excluding steroid dienone is 3. The van der Waals surface area contributed by atoms with Crippen molar-refractivity contribution in [2.45, 2.75) is 30.9 Å². The Balaban J connectivity index is 1.81. The zero-order valence-corrected chi connectivity index (χ0v) is 14.7. The highest BCUT2D eigenvalue weighted by atomic mass is 32.2. The van der Waals surface area contributed by atoms with Crippen LogP contribution in [0.15, 0.2) is 48.1 Å². The summed E-state index contributed by atoms with van der Waals surface area (Å²) in [6.45, 7) is 0.657. The van der Waals surface area contributed by atoms with Crippen LogP contribution in [-0.4, -0.2) is 30.4 Å². The van der Waals surface area contributed by atoms with Crippen molar-refractivity contribution in [3.05, 3.63) is 53.6 Å². The molecule has 0 aromatic heterocycles. The van der Waals surface area contributed by atoms with Crippen molar-refractivity contribution >= 4 is 24.1 Å². The number of imide groups is 1. The lowest BCUT2D eigenvalue weighted by Crippen LogP contribution is -2.32. The average Bonchev–Trinajstić information content (AvgIpc) is 2.62. The lowest BCUT2D eigenvalue weighted by molar-refractivity contribution is -0.124. The van der Waals surface area contributed by atoms with Crippen LogP contribution in [0.1, 0.15) is 24.8 Å². The summed E-state index contributed by atoms with van der Waals surface area (Å²) in [6, 6.07) is 7.78. The van der Waals surface area contributed by atoms with Gasteiger partial charge in [0, 0.05) is 6.42 Å². The highest BCUT2D eigenvalue weighted by Crippen LogP contribution is 2.19. The van der Waals surface area contributed by atoms with Gasteiger partial charge in [-0.3, -0.25) is 14.9 Å². The number of hydrogen-bond acceptors (Lipinski definition) is 4. The molecular formula is C19H23NO3S. The Labute approximate surface area is 147 Å². The van der Waals surface area contributed by atoms with Crippen molar-refractivity contribution in [2.24, 2.45) is 0 Å². The third kappa shape index (κ3) is 5.89. The Hall–Kier alpha value is -2.01. The fourth-order valence-electron chi connectivity index (χ4n) is 2.51. The minimum absolute atomic E-state index is 0.258. The van der Waals surface area contributed by atoms with E-state index in [2.05, 4.69) is 23.5 Å². The van der Waals surface area contributed by atoms with E-state index in [1.54, 1.807) is 0 Å². The van der Waals surface area contributed by atoms with Gasteiger partial charge in [0.15, 0.2) is 0 Å². The number of benzene rings is 1. The standard InChI is InChI=1S/C19H23NO3S/c1-24-18(19(22)20-14-21)13-16-7-9-17(10-8-16)23-12-11-15-5-3-2-4-6-15/h3,5-10,14,18H,2,4,11-13H2,1H3,(H,20,21,22). The molecule has 5 heteroatoms. The summed E-state index contributed by atoms with van der Waals surface area (Å²) in [5.41, 5.74) is 2.38. The molecule has 0 spiro atoms. The Bertz CT molecular complexity index is 608. The predicted octanol–water partition coefficient (Wildman–Crippen LogP) is 3.28. The van der Waals surface area contributed by atoms with Crippen LogP contribution in [0.25, 0.3) is 0 Å². The normalized spacial score (nSPS) is 14.6. The number of carbonyl (C=O) groups is 2. The van der Waals surface area contributed by atoms with Crippen molar-refractivity contribution in [2.75, 3.05) is 12.9 Å².